The maximum absolute atomic E-state index is 11.7. The molecule has 19 heavy (non-hydrogen) atoms. The van der Waals surface area contributed by atoms with E-state index in [-0.39, 0.29) is 5.69 Å². The Balaban J connectivity index is 2.84. The van der Waals surface area contributed by atoms with Crippen LogP contribution in [0.2, 0.25) is 0 Å². The Morgan fingerprint density at radius 2 is 1.89 bits per heavy atom. The zero-order valence-electron chi connectivity index (χ0n) is 10.9. The molecule has 0 saturated heterocycles. The monoisotopic (exact) mass is 262 g/mol. The van der Waals surface area contributed by atoms with E-state index in [9.17, 15) is 14.9 Å². The van der Waals surface area contributed by atoms with E-state index in [2.05, 4.69) is 5.32 Å². The second-order valence-corrected chi connectivity index (χ2v) is 5.24. The topological polar surface area (TPSA) is 85.4 Å². The second-order valence-electron chi connectivity index (χ2n) is 5.24. The summed E-state index contributed by atoms with van der Waals surface area (Å²) in [7, 11) is 0. The van der Waals surface area contributed by atoms with Crippen LogP contribution in [0.5, 0.6) is 0 Å². The Morgan fingerprint density at radius 1 is 1.26 bits per heavy atom. The molecule has 0 saturated carbocycles. The molecule has 6 nitrogen and oxygen atoms in total. The minimum Gasteiger partial charge on any atom is -0.418 e. The Bertz CT molecular complexity index is 698. The Morgan fingerprint density at radius 3 is 2.47 bits per heavy atom. The largest absolute Gasteiger partial charge is 0.418 e. The zero-order valence-corrected chi connectivity index (χ0v) is 10.9. The molecule has 0 unspecified atom stereocenters. The lowest BCUT2D eigenvalue weighted by Gasteiger charge is -2.22. The molecule has 0 bridgehead atoms. The molecule has 1 aromatic heterocycles. The van der Waals surface area contributed by atoms with Crippen molar-refractivity contribution >= 4 is 22.3 Å². The molecule has 0 radical (unpaired) electrons. The van der Waals surface area contributed by atoms with Gasteiger partial charge < -0.3 is 9.73 Å². The van der Waals surface area contributed by atoms with Crippen LogP contribution in [0.3, 0.4) is 0 Å². The lowest BCUT2D eigenvalue weighted by atomic mass is 10.1. The molecule has 0 aliphatic rings. The van der Waals surface area contributed by atoms with E-state index in [4.69, 9.17) is 4.42 Å². The van der Waals surface area contributed by atoms with Gasteiger partial charge in [-0.25, -0.2) is 4.79 Å². The number of para-hydroxylation sites is 1. The molecule has 0 atom stereocenters. The first-order chi connectivity index (χ1) is 8.79. The fourth-order valence-electron chi connectivity index (χ4n) is 1.81. The van der Waals surface area contributed by atoms with Crippen LogP contribution < -0.4 is 10.9 Å². The van der Waals surface area contributed by atoms with Gasteiger partial charge in [0.05, 0.1) is 4.92 Å². The van der Waals surface area contributed by atoms with Gasteiger partial charge in [-0.2, -0.15) is 0 Å². The molecule has 1 N–H and O–H groups in total. The molecule has 2 aromatic rings. The van der Waals surface area contributed by atoms with Crippen molar-refractivity contribution in [3.63, 3.8) is 0 Å². The third kappa shape index (κ3) is 2.57. The number of nitro groups is 1. The molecule has 0 amide bonds. The van der Waals surface area contributed by atoms with E-state index < -0.39 is 21.8 Å². The summed E-state index contributed by atoms with van der Waals surface area (Å²) in [5.74, 6) is 0. The molecule has 2 rings (SSSR count). The molecule has 0 aliphatic heterocycles. The van der Waals surface area contributed by atoms with Gasteiger partial charge in [0, 0.05) is 10.9 Å². The molecular formula is C13H14N2O4. The summed E-state index contributed by atoms with van der Waals surface area (Å²) < 4.78 is 4.97. The summed E-state index contributed by atoms with van der Waals surface area (Å²) in [6, 6.07) is 6.73. The molecule has 1 heterocycles. The highest BCUT2D eigenvalue weighted by molar-refractivity contribution is 5.94. The molecule has 100 valence electrons. The summed E-state index contributed by atoms with van der Waals surface area (Å²) >= 11 is 0. The van der Waals surface area contributed by atoms with Gasteiger partial charge >= 0.3 is 11.3 Å². The van der Waals surface area contributed by atoms with E-state index in [1.165, 1.54) is 0 Å². The smallest absolute Gasteiger partial charge is 0.417 e. The van der Waals surface area contributed by atoms with Gasteiger partial charge in [-0.15, -0.1) is 0 Å². The predicted molar refractivity (Wildman–Crippen MR) is 72.5 cm³/mol. The van der Waals surface area contributed by atoms with E-state index >= 15 is 0 Å². The molecule has 0 spiro atoms. The molecular weight excluding hydrogens is 248 g/mol. The Kier molecular flexibility index (Phi) is 3.01. The van der Waals surface area contributed by atoms with Gasteiger partial charge in [0.15, 0.2) is 0 Å². The van der Waals surface area contributed by atoms with Crippen molar-refractivity contribution in [2.45, 2.75) is 26.3 Å². The van der Waals surface area contributed by atoms with Crippen LogP contribution in [0.15, 0.2) is 33.5 Å². The van der Waals surface area contributed by atoms with Gasteiger partial charge in [-0.3, -0.25) is 10.1 Å². The minimum absolute atomic E-state index is 0.198. The number of anilines is 1. The highest BCUT2D eigenvalue weighted by atomic mass is 16.6. The van der Waals surface area contributed by atoms with Gasteiger partial charge in [0.1, 0.15) is 11.3 Å². The lowest BCUT2D eigenvalue weighted by molar-refractivity contribution is -0.386. The van der Waals surface area contributed by atoms with E-state index in [1.807, 2.05) is 20.8 Å². The Labute approximate surface area is 109 Å². The summed E-state index contributed by atoms with van der Waals surface area (Å²) in [6.45, 7) is 5.58. The van der Waals surface area contributed by atoms with Crippen LogP contribution in [-0.4, -0.2) is 10.5 Å². The maximum atomic E-state index is 11.7. The summed E-state index contributed by atoms with van der Waals surface area (Å²) in [5, 5.41) is 14.6. The van der Waals surface area contributed by atoms with Crippen LogP contribution in [0.1, 0.15) is 20.8 Å². The van der Waals surface area contributed by atoms with Crippen molar-refractivity contribution in [1.29, 1.82) is 0 Å². The van der Waals surface area contributed by atoms with Crippen molar-refractivity contribution < 1.29 is 9.34 Å². The summed E-state index contributed by atoms with van der Waals surface area (Å²) in [4.78, 5) is 22.1. The first kappa shape index (κ1) is 13.1. The number of hydrogen-bond acceptors (Lipinski definition) is 5. The van der Waals surface area contributed by atoms with Gasteiger partial charge in [-0.1, -0.05) is 12.1 Å². The number of rotatable bonds is 2. The molecule has 0 fully saturated rings. The fourth-order valence-corrected chi connectivity index (χ4v) is 1.81. The first-order valence-electron chi connectivity index (χ1n) is 5.78. The van der Waals surface area contributed by atoms with Crippen LogP contribution in [0, 0.1) is 10.1 Å². The second kappa shape index (κ2) is 4.38. The molecule has 0 aliphatic carbocycles. The molecule has 6 heteroatoms. The SMILES string of the molecule is CC(C)(C)Nc1c([N+](=O)[O-])c(=O)oc2ccccc12. The summed E-state index contributed by atoms with van der Waals surface area (Å²) in [5.41, 5.74) is -1.40. The molecule has 1 aromatic carbocycles. The number of hydrogen-bond donors (Lipinski definition) is 1. The van der Waals surface area contributed by atoms with Crippen molar-refractivity contribution in [1.82, 2.24) is 0 Å². The van der Waals surface area contributed by atoms with Crippen LogP contribution in [0.4, 0.5) is 11.4 Å². The highest BCUT2D eigenvalue weighted by Crippen LogP contribution is 2.31. The van der Waals surface area contributed by atoms with Gasteiger partial charge in [-0.05, 0) is 32.9 Å². The third-order valence-electron chi connectivity index (χ3n) is 2.47. The lowest BCUT2D eigenvalue weighted by Crippen LogP contribution is -2.28. The maximum Gasteiger partial charge on any atom is 0.417 e. The van der Waals surface area contributed by atoms with Crippen molar-refractivity contribution in [2.75, 3.05) is 5.32 Å². The number of benzene rings is 1. The zero-order chi connectivity index (χ0) is 14.2. The predicted octanol–water partition coefficient (Wildman–Crippen LogP) is 2.91. The van der Waals surface area contributed by atoms with E-state index in [0.29, 0.717) is 11.0 Å². The summed E-state index contributed by atoms with van der Waals surface area (Å²) in [6.07, 6.45) is 0. The average Bonchev–Trinajstić information content (AvgIpc) is 2.26. The number of nitrogens with one attached hydrogen (secondary N) is 1. The normalized spacial score (nSPS) is 11.5. The number of nitrogens with zero attached hydrogens (tertiary/aromatic N) is 1. The first-order valence-corrected chi connectivity index (χ1v) is 5.78. The standard InChI is InChI=1S/C13H14N2O4/c1-13(2,3)14-10-8-6-4-5-7-9(8)19-12(16)11(10)15(17)18/h4-7,14H,1-3H3. The van der Waals surface area contributed by atoms with Gasteiger partial charge in [0.25, 0.3) is 0 Å². The van der Waals surface area contributed by atoms with Crippen molar-refractivity contribution in [3.8, 4) is 0 Å². The highest BCUT2D eigenvalue weighted by Gasteiger charge is 2.27. The van der Waals surface area contributed by atoms with Crippen LogP contribution in [0.25, 0.3) is 11.0 Å². The fraction of sp³-hybridized carbons (Fsp3) is 0.308. The van der Waals surface area contributed by atoms with Crippen molar-refractivity contribution in [2.24, 2.45) is 0 Å². The number of fused-ring (bicyclic) bond motifs is 1. The van der Waals surface area contributed by atoms with Gasteiger partial charge in [0.2, 0.25) is 0 Å². The van der Waals surface area contributed by atoms with E-state index in [1.54, 1.807) is 24.3 Å². The van der Waals surface area contributed by atoms with E-state index in [0.717, 1.165) is 0 Å². The van der Waals surface area contributed by atoms with Crippen LogP contribution in [-0.2, 0) is 0 Å². The third-order valence-corrected chi connectivity index (χ3v) is 2.47. The van der Waals surface area contributed by atoms with Crippen LogP contribution >= 0.6 is 0 Å². The van der Waals surface area contributed by atoms with Crippen molar-refractivity contribution in [3.05, 3.63) is 44.8 Å². The minimum atomic E-state index is -0.949. The quantitative estimate of drug-likeness (QED) is 0.511. The Hall–Kier alpha value is -2.37. The average molecular weight is 262 g/mol.